The Balaban J connectivity index is 1.42. The fourth-order valence-corrected chi connectivity index (χ4v) is 15.4. The first kappa shape index (κ1) is 95.2. The number of aliphatic hydroxyl groups is 7. The smallest absolute Gasteiger partial charge is 0.397 e. The Hall–Kier alpha value is -3.61. The van der Waals surface area contributed by atoms with Crippen molar-refractivity contribution in [3.8, 4) is 0 Å². The van der Waals surface area contributed by atoms with Crippen LogP contribution in [0, 0.1) is 0 Å². The van der Waals surface area contributed by atoms with E-state index in [1.807, 2.05) is 0 Å². The molecule has 30 atom stereocenters. The van der Waals surface area contributed by atoms with Gasteiger partial charge in [0.25, 0.3) is 0 Å². The van der Waals surface area contributed by atoms with Gasteiger partial charge in [-0.25, -0.2) is 43.7 Å². The molecule has 6 aliphatic rings. The Bertz CT molecular complexity index is 4470. The molecule has 6 saturated heterocycles. The fraction of sp³-hybridized carbons (Fsp3) is 0.917. The summed E-state index contributed by atoms with van der Waals surface area (Å²) in [5, 5.41) is 111. The Labute approximate surface area is 613 Å². The van der Waals surface area contributed by atoms with E-state index >= 15 is 0 Å². The number of hydrogen-bond donors (Lipinski definition) is 23. The summed E-state index contributed by atoms with van der Waals surface area (Å²) in [5.74, 6) is -7.56. The summed E-state index contributed by atoms with van der Waals surface area (Å²) >= 11 is 0. The molecule has 0 aromatic rings. The van der Waals surface area contributed by atoms with Crippen LogP contribution in [0.5, 0.6) is 0 Å². The number of ether oxygens (including phenoxy) is 11. The maximum absolute atomic E-state index is 13.2. The number of hydrogen-bond acceptors (Lipinski definition) is 48. The van der Waals surface area contributed by atoms with Crippen LogP contribution in [0.4, 0.5) is 0 Å². The zero-order chi connectivity index (χ0) is 84.0. The van der Waals surface area contributed by atoms with Gasteiger partial charge in [0, 0.05) is 0 Å². The van der Waals surface area contributed by atoms with E-state index in [1.54, 1.807) is 0 Å². The molecule has 0 spiro atoms. The molecule has 0 unspecified atom stereocenters. The maximum Gasteiger partial charge on any atom is 0.397 e. The van der Waals surface area contributed by atoms with Gasteiger partial charge in [0.05, 0.1) is 19.8 Å². The molecule has 6 aliphatic heterocycles. The molecule has 110 heavy (non-hydrogen) atoms. The van der Waals surface area contributed by atoms with Gasteiger partial charge < -0.3 is 103 Å². The third-order valence-corrected chi connectivity index (χ3v) is 19.6. The molecule has 64 nitrogen and oxygen atoms in total. The molecule has 74 heteroatoms. The zero-order valence-corrected chi connectivity index (χ0v) is 60.4. The Morgan fingerprint density at radius 1 is 0.273 bits per heavy atom. The number of aliphatic hydroxyl groups excluding tert-OH is 7. The van der Waals surface area contributed by atoms with Crippen LogP contribution in [-0.2, 0) is 199 Å². The van der Waals surface area contributed by atoms with E-state index in [2.05, 4.69) is 34.0 Å². The van der Waals surface area contributed by atoms with E-state index in [0.717, 1.165) is 14.2 Å². The van der Waals surface area contributed by atoms with Crippen molar-refractivity contribution in [1.82, 2.24) is 14.2 Å². The van der Waals surface area contributed by atoms with Gasteiger partial charge in [-0.1, -0.05) is 0 Å². The van der Waals surface area contributed by atoms with Crippen LogP contribution in [0.25, 0.3) is 0 Å². The predicted octanol–water partition coefficient (Wildman–Crippen LogP) is -16.8. The average Bonchev–Trinajstić information content (AvgIpc) is 0.765. The lowest BCUT2D eigenvalue weighted by atomic mass is 9.94. The normalized spacial score (nSPS) is 38.5. The molecule has 6 fully saturated rings. The third-order valence-electron chi connectivity index (χ3n) is 14.7. The molecule has 0 aromatic heterocycles. The van der Waals surface area contributed by atoms with Gasteiger partial charge in [0.2, 0.25) is 0 Å². The standard InChI is InChI=1S/C36H59N3O61S10/c40-10-7(37-101(53,54)55)32(92-19-13(43)22(98-108(74,75)76)31(52)89-25(19)28(46)47)86-4(1-83-104(62,63)64)16(10)90-35-23(99-109(77,78)79)14(44)20(26(95-35)29(48)49)93-33-8(38-102(56,57)58)11(41)17(5(87-33)2-84-105(65,66)67)91-36-24(100-110(80,81)82)15(45)21(27(96-36)30(50)51)94-34-9(39-103(59,60)61)12(42)18(97-107(71,72)73)6(88-34)3-85-106(68,69)70/h4-27,31-45,52H,1-3H2,(H,46,47)(H,48,49)(H,50,51)(H,53,54,55)(H,56,57,58)(H,59,60,61)(H,62,63,64)(H,65,66,67)(H,68,69,70)(H,71,72,73)(H,74,75,76)(H,77,78,79)(H,80,81,82)/t4-,5-,6-,7-,8-,9-,10-,11-,12-,13+,14+,15+,16-,17-,18-,19+,20+,21+,22-,23+,24-,25-,26-,27-,31-,32-,33-,34-,35-,36-/m1/s1. The molecule has 0 aliphatic carbocycles. The third kappa shape index (κ3) is 27.5. The van der Waals surface area contributed by atoms with E-state index in [-0.39, 0.29) is 0 Å². The van der Waals surface area contributed by atoms with Crippen molar-refractivity contribution in [3.05, 3.63) is 0 Å². The largest absolute Gasteiger partial charge is 0.479 e. The highest BCUT2D eigenvalue weighted by Gasteiger charge is 2.63. The van der Waals surface area contributed by atoms with Crippen molar-refractivity contribution in [3.63, 3.8) is 0 Å². The molecule has 6 rings (SSSR count). The van der Waals surface area contributed by atoms with E-state index in [0.29, 0.717) is 0 Å². The van der Waals surface area contributed by atoms with Crippen molar-refractivity contribution in [2.75, 3.05) is 19.8 Å². The van der Waals surface area contributed by atoms with Crippen molar-refractivity contribution in [1.29, 1.82) is 0 Å². The molecule has 644 valence electrons. The van der Waals surface area contributed by atoms with Gasteiger partial charge >= 0.3 is 122 Å². The van der Waals surface area contributed by atoms with Gasteiger partial charge in [-0.2, -0.15) is 98.3 Å². The SMILES string of the molecule is O=C(O)[C@@H]1O[C@@H](O[C@H]2[C@H](O)[C@@H](NS(=O)(=O)O)[C@@H](O[C@H]3[C@H](O)[C@@H](OS(=O)(=O)O)[C@H](O)O[C@H]3C(=O)O)O[C@@H]2COS(=O)(=O)O)[C@@H](OS(=O)(=O)O)[C@@H](O)[C@@H]1O[C@H]1O[C@H](COS(=O)(=O)O)[C@@H](O[C@@H]2O[C@@H](C(=O)O)[C@@H](O[C@H]3O[C@H](COS(=O)(=O)O)[C@@H](OS(=O)(=O)O)[C@H](O)[C@H]3NS(=O)(=O)O)[C@H](O)[C@H]2OS(=O)(=O)O)[C@H](O)[C@H]1NS(=O)(=O)O. The second kappa shape index (κ2) is 35.7. The minimum absolute atomic E-state index is 1.08. The summed E-state index contributed by atoms with van der Waals surface area (Å²) in [5.41, 5.74) is 0. The molecule has 0 radical (unpaired) electrons. The average molecular weight is 1830 g/mol. The van der Waals surface area contributed by atoms with Crippen molar-refractivity contribution in [2.45, 2.75) is 184 Å². The second-order valence-electron chi connectivity index (χ2n) is 22.3. The first-order chi connectivity index (χ1) is 49.6. The highest BCUT2D eigenvalue weighted by molar-refractivity contribution is 7.84. The van der Waals surface area contributed by atoms with Gasteiger partial charge in [-0.05, 0) is 0 Å². The first-order valence-electron chi connectivity index (χ1n) is 28.0. The topological polar surface area (TPSA) is 999 Å². The number of carboxylic acid groups (broad SMARTS) is 3. The lowest BCUT2D eigenvalue weighted by Crippen LogP contribution is -2.71. The van der Waals surface area contributed by atoms with Crippen molar-refractivity contribution >= 4 is 122 Å². The maximum atomic E-state index is 13.2. The van der Waals surface area contributed by atoms with Gasteiger partial charge in [-0.3, -0.25) is 45.5 Å². The van der Waals surface area contributed by atoms with Gasteiger partial charge in [0.15, 0.2) is 74.4 Å². The van der Waals surface area contributed by atoms with Gasteiger partial charge in [0.1, 0.15) is 110 Å². The monoisotopic (exact) mass is 1830 g/mol. The van der Waals surface area contributed by atoms with Crippen LogP contribution in [0.3, 0.4) is 0 Å². The molecule has 6 heterocycles. The first-order valence-corrected chi connectivity index (χ1v) is 41.9. The van der Waals surface area contributed by atoms with Gasteiger partial charge in [-0.15, -0.1) is 0 Å². The van der Waals surface area contributed by atoms with Crippen LogP contribution < -0.4 is 14.2 Å². The number of carboxylic acids is 3. The number of aliphatic carboxylic acids is 3. The molecule has 0 aromatic carbocycles. The minimum atomic E-state index is -6.36. The molecular formula is C36H59N3O61S10. The van der Waals surface area contributed by atoms with Crippen LogP contribution in [0.15, 0.2) is 0 Å². The minimum Gasteiger partial charge on any atom is -0.479 e. The van der Waals surface area contributed by atoms with Crippen LogP contribution in [0.1, 0.15) is 0 Å². The summed E-state index contributed by atoms with van der Waals surface area (Å²) in [6.07, 6.45) is -84.8. The molecule has 0 saturated carbocycles. The predicted molar refractivity (Wildman–Crippen MR) is 311 cm³/mol. The zero-order valence-electron chi connectivity index (χ0n) is 52.2. The van der Waals surface area contributed by atoms with Crippen molar-refractivity contribution in [2.24, 2.45) is 0 Å². The molecule has 0 amide bonds. The van der Waals surface area contributed by atoms with Crippen LogP contribution in [-0.4, -0.2) is 403 Å². The van der Waals surface area contributed by atoms with E-state index in [4.69, 9.17) is 51.9 Å². The molecule has 0 bridgehead atoms. The van der Waals surface area contributed by atoms with E-state index in [1.165, 1.54) is 0 Å². The summed E-state index contributed by atoms with van der Waals surface area (Å²) < 4.78 is 428. The highest BCUT2D eigenvalue weighted by Crippen LogP contribution is 2.40. The van der Waals surface area contributed by atoms with Crippen molar-refractivity contribution < 1.29 is 277 Å². The van der Waals surface area contributed by atoms with Crippen LogP contribution >= 0.6 is 0 Å². The number of rotatable bonds is 36. The number of nitrogens with one attached hydrogen (secondary N) is 3. The summed E-state index contributed by atoms with van der Waals surface area (Å²) in [7, 11) is -60.1. The Morgan fingerprint density at radius 2 is 0.500 bits per heavy atom. The number of carbonyl (C=O) groups is 3. The molecular weight excluding hydrogens is 1770 g/mol. The van der Waals surface area contributed by atoms with E-state index < -0.39 is 325 Å². The summed E-state index contributed by atoms with van der Waals surface area (Å²) in [6, 6.07) is -9.21. The fourth-order valence-electron chi connectivity index (χ4n) is 10.7. The summed E-state index contributed by atoms with van der Waals surface area (Å²) in [6.45, 7) is -5.85. The quantitative estimate of drug-likeness (QED) is 0.0259. The Morgan fingerprint density at radius 3 is 0.755 bits per heavy atom. The highest BCUT2D eigenvalue weighted by atomic mass is 32.3. The Kier molecular flexibility index (Phi) is 30.9. The second-order valence-corrected chi connectivity index (χ2v) is 33.4. The lowest BCUT2D eigenvalue weighted by molar-refractivity contribution is -0.375. The van der Waals surface area contributed by atoms with Crippen LogP contribution in [0.2, 0.25) is 0 Å². The summed E-state index contributed by atoms with van der Waals surface area (Å²) in [4.78, 5) is 38.5. The lowest BCUT2D eigenvalue weighted by Gasteiger charge is -2.50. The van der Waals surface area contributed by atoms with E-state index in [9.17, 15) is 191 Å². The molecule has 23 N–H and O–H groups in total.